The molecule has 2 amide bonds. The number of imidazole rings is 1. The Kier molecular flexibility index (Phi) is 3.87. The monoisotopic (exact) mass is 364 g/mol. The number of aromatic nitrogens is 2. The van der Waals surface area contributed by atoms with Crippen LogP contribution in [0.4, 0.5) is 5.69 Å². The molecule has 0 atom stereocenters. The molecule has 0 fully saturated rings. The number of hydrogen-bond acceptors (Lipinski definition) is 4. The summed E-state index contributed by atoms with van der Waals surface area (Å²) in [4.78, 5) is 29.4. The molecule has 7 nitrogen and oxygen atoms in total. The Bertz CT molecular complexity index is 1070. The molecule has 1 aromatic carbocycles. The van der Waals surface area contributed by atoms with Crippen LogP contribution in [-0.2, 0) is 0 Å². The first kappa shape index (κ1) is 17.1. The van der Waals surface area contributed by atoms with Crippen LogP contribution in [0.15, 0.2) is 42.7 Å². The van der Waals surface area contributed by atoms with Crippen molar-refractivity contribution < 1.29 is 14.3 Å². The van der Waals surface area contributed by atoms with Crippen molar-refractivity contribution in [2.75, 3.05) is 11.9 Å². The summed E-state index contributed by atoms with van der Waals surface area (Å²) in [6, 6.07) is 8.47. The summed E-state index contributed by atoms with van der Waals surface area (Å²) >= 11 is 0. The van der Waals surface area contributed by atoms with Crippen LogP contribution in [0.2, 0.25) is 0 Å². The third-order valence-electron chi connectivity index (χ3n) is 4.39. The number of ether oxygens (including phenoxy) is 1. The first-order valence-corrected chi connectivity index (χ1v) is 8.69. The fourth-order valence-corrected chi connectivity index (χ4v) is 3.05. The van der Waals surface area contributed by atoms with Crippen LogP contribution in [0.3, 0.4) is 0 Å². The van der Waals surface area contributed by atoms with E-state index in [4.69, 9.17) is 4.74 Å². The standard InChI is InChI=1S/C20H20N4O3/c1-12-10-24-7-6-14(9-17(24)22-12)23-18(25)13-4-5-16-15(8-13)19(26)21-11-20(2,3)27-16/h4-10H,11H2,1-3H3,(H,21,26)(H,23,25). The van der Waals surface area contributed by atoms with Gasteiger partial charge in [-0.3, -0.25) is 9.59 Å². The second-order valence-corrected chi connectivity index (χ2v) is 7.27. The maximum absolute atomic E-state index is 12.7. The summed E-state index contributed by atoms with van der Waals surface area (Å²) in [5.74, 6) is -0.0814. The number of amides is 2. The highest BCUT2D eigenvalue weighted by Crippen LogP contribution is 2.27. The van der Waals surface area contributed by atoms with Crippen LogP contribution in [-0.4, -0.2) is 33.3 Å². The second-order valence-electron chi connectivity index (χ2n) is 7.27. The van der Waals surface area contributed by atoms with Crippen LogP contribution >= 0.6 is 0 Å². The van der Waals surface area contributed by atoms with Crippen molar-refractivity contribution in [3.63, 3.8) is 0 Å². The second kappa shape index (κ2) is 6.12. The molecule has 2 aromatic heterocycles. The summed E-state index contributed by atoms with van der Waals surface area (Å²) in [7, 11) is 0. The highest BCUT2D eigenvalue weighted by Gasteiger charge is 2.28. The zero-order valence-electron chi connectivity index (χ0n) is 15.4. The lowest BCUT2D eigenvalue weighted by Gasteiger charge is -2.23. The lowest BCUT2D eigenvalue weighted by molar-refractivity contribution is 0.0907. The van der Waals surface area contributed by atoms with Gasteiger partial charge in [0.15, 0.2) is 0 Å². The fraction of sp³-hybridized carbons (Fsp3) is 0.250. The van der Waals surface area contributed by atoms with Gasteiger partial charge in [-0.2, -0.15) is 0 Å². The zero-order chi connectivity index (χ0) is 19.2. The first-order valence-electron chi connectivity index (χ1n) is 8.69. The fourth-order valence-electron chi connectivity index (χ4n) is 3.05. The van der Waals surface area contributed by atoms with E-state index in [9.17, 15) is 9.59 Å². The van der Waals surface area contributed by atoms with E-state index in [0.717, 1.165) is 11.3 Å². The molecule has 1 aliphatic rings. The number of rotatable bonds is 2. The average Bonchev–Trinajstić information content (AvgIpc) is 2.93. The summed E-state index contributed by atoms with van der Waals surface area (Å²) < 4.78 is 7.78. The molecule has 2 N–H and O–H groups in total. The number of benzene rings is 1. The van der Waals surface area contributed by atoms with Gasteiger partial charge in [0.2, 0.25) is 0 Å². The average molecular weight is 364 g/mol. The smallest absolute Gasteiger partial charge is 0.255 e. The SMILES string of the molecule is Cc1cn2ccc(NC(=O)c3ccc4c(c3)C(=O)NCC(C)(C)O4)cc2n1. The predicted octanol–water partition coefficient (Wildman–Crippen LogP) is 2.80. The number of hydrogen-bond donors (Lipinski definition) is 2. The van der Waals surface area contributed by atoms with Crippen LogP contribution < -0.4 is 15.4 Å². The lowest BCUT2D eigenvalue weighted by Crippen LogP contribution is -2.39. The number of pyridine rings is 1. The normalized spacial score (nSPS) is 15.4. The number of anilines is 1. The Morgan fingerprint density at radius 2 is 2.11 bits per heavy atom. The van der Waals surface area contributed by atoms with Gasteiger partial charge in [0, 0.05) is 29.7 Å². The van der Waals surface area contributed by atoms with E-state index in [1.54, 1.807) is 30.3 Å². The molecule has 7 heteroatoms. The molecule has 138 valence electrons. The van der Waals surface area contributed by atoms with Crippen LogP contribution in [0.1, 0.15) is 40.3 Å². The minimum absolute atomic E-state index is 0.250. The third-order valence-corrected chi connectivity index (χ3v) is 4.39. The van der Waals surface area contributed by atoms with Gasteiger partial charge in [-0.25, -0.2) is 4.98 Å². The van der Waals surface area contributed by atoms with Crippen molar-refractivity contribution in [2.45, 2.75) is 26.4 Å². The van der Waals surface area contributed by atoms with Gasteiger partial charge in [-0.05, 0) is 45.0 Å². The number of fused-ring (bicyclic) bond motifs is 2. The van der Waals surface area contributed by atoms with E-state index in [1.807, 2.05) is 37.6 Å². The van der Waals surface area contributed by atoms with Crippen molar-refractivity contribution in [3.05, 3.63) is 59.5 Å². The van der Waals surface area contributed by atoms with Gasteiger partial charge in [0.05, 0.1) is 17.8 Å². The molecule has 3 heterocycles. The number of nitrogens with zero attached hydrogens (tertiary/aromatic N) is 2. The molecular formula is C20H20N4O3. The number of carbonyl (C=O) groups is 2. The quantitative estimate of drug-likeness (QED) is 0.732. The topological polar surface area (TPSA) is 84.7 Å². The molecule has 0 saturated carbocycles. The molecule has 0 spiro atoms. The number of aryl methyl sites for hydroxylation is 1. The van der Waals surface area contributed by atoms with Crippen molar-refractivity contribution >= 4 is 23.1 Å². The first-order chi connectivity index (χ1) is 12.8. The highest BCUT2D eigenvalue weighted by atomic mass is 16.5. The molecule has 0 aliphatic carbocycles. The molecule has 0 unspecified atom stereocenters. The summed E-state index contributed by atoms with van der Waals surface area (Å²) in [5.41, 5.74) is 2.51. The van der Waals surface area contributed by atoms with Crippen molar-refractivity contribution in [1.29, 1.82) is 0 Å². The summed E-state index contributed by atoms with van der Waals surface area (Å²) in [6.45, 7) is 6.11. The lowest BCUT2D eigenvalue weighted by atomic mass is 10.1. The van der Waals surface area contributed by atoms with Gasteiger partial charge in [0.25, 0.3) is 11.8 Å². The van der Waals surface area contributed by atoms with E-state index in [2.05, 4.69) is 15.6 Å². The molecule has 0 radical (unpaired) electrons. The third kappa shape index (κ3) is 3.36. The Labute approximate surface area is 156 Å². The van der Waals surface area contributed by atoms with E-state index in [1.165, 1.54) is 0 Å². The minimum atomic E-state index is -0.511. The van der Waals surface area contributed by atoms with Crippen molar-refractivity contribution in [2.24, 2.45) is 0 Å². The molecule has 3 aromatic rings. The Balaban J connectivity index is 1.61. The zero-order valence-corrected chi connectivity index (χ0v) is 15.4. The van der Waals surface area contributed by atoms with Crippen LogP contribution in [0, 0.1) is 6.92 Å². The number of nitrogens with one attached hydrogen (secondary N) is 2. The molecule has 1 aliphatic heterocycles. The largest absolute Gasteiger partial charge is 0.485 e. The Hall–Kier alpha value is -3.35. The molecule has 0 bridgehead atoms. The van der Waals surface area contributed by atoms with E-state index >= 15 is 0 Å². The van der Waals surface area contributed by atoms with E-state index in [0.29, 0.717) is 29.1 Å². The van der Waals surface area contributed by atoms with Gasteiger partial charge in [-0.1, -0.05) is 0 Å². The van der Waals surface area contributed by atoms with Crippen LogP contribution in [0.5, 0.6) is 5.75 Å². The van der Waals surface area contributed by atoms with E-state index in [-0.39, 0.29) is 11.8 Å². The van der Waals surface area contributed by atoms with Gasteiger partial charge in [-0.15, -0.1) is 0 Å². The van der Waals surface area contributed by atoms with Crippen molar-refractivity contribution in [3.8, 4) is 5.75 Å². The number of carbonyl (C=O) groups excluding carboxylic acids is 2. The maximum Gasteiger partial charge on any atom is 0.255 e. The predicted molar refractivity (Wildman–Crippen MR) is 101 cm³/mol. The molecular weight excluding hydrogens is 344 g/mol. The Morgan fingerprint density at radius 3 is 2.93 bits per heavy atom. The van der Waals surface area contributed by atoms with Crippen molar-refractivity contribution in [1.82, 2.24) is 14.7 Å². The minimum Gasteiger partial charge on any atom is -0.485 e. The summed E-state index contributed by atoms with van der Waals surface area (Å²) in [5, 5.41) is 5.67. The van der Waals surface area contributed by atoms with Gasteiger partial charge in [0.1, 0.15) is 17.0 Å². The highest BCUT2D eigenvalue weighted by molar-refractivity contribution is 6.07. The maximum atomic E-state index is 12.7. The molecule has 4 rings (SSSR count). The van der Waals surface area contributed by atoms with Gasteiger partial charge < -0.3 is 19.8 Å². The Morgan fingerprint density at radius 1 is 1.30 bits per heavy atom. The molecule has 27 heavy (non-hydrogen) atoms. The van der Waals surface area contributed by atoms with Gasteiger partial charge >= 0.3 is 0 Å². The van der Waals surface area contributed by atoms with E-state index < -0.39 is 5.60 Å². The molecule has 0 saturated heterocycles. The van der Waals surface area contributed by atoms with Crippen LogP contribution in [0.25, 0.3) is 5.65 Å². The summed E-state index contributed by atoms with van der Waals surface area (Å²) in [6.07, 6.45) is 3.75.